The summed E-state index contributed by atoms with van der Waals surface area (Å²) < 4.78 is 6.15. The van der Waals surface area contributed by atoms with Gasteiger partial charge in [0.1, 0.15) is 5.60 Å². The lowest BCUT2D eigenvalue weighted by Crippen LogP contribution is -2.45. The zero-order chi connectivity index (χ0) is 25.4. The summed E-state index contributed by atoms with van der Waals surface area (Å²) in [7, 11) is 1.56. The third-order valence-corrected chi connectivity index (χ3v) is 6.62. The van der Waals surface area contributed by atoms with Gasteiger partial charge < -0.3 is 15.2 Å². The number of nitrogens with zero attached hydrogens (tertiary/aromatic N) is 2. The number of aliphatic hydroxyl groups is 1. The number of aromatic nitrogens is 1. The summed E-state index contributed by atoms with van der Waals surface area (Å²) in [5.74, 6) is -0.503. The number of nitrogens with one attached hydrogen (secondary N) is 1. The molecule has 2 amide bonds. The van der Waals surface area contributed by atoms with E-state index in [-0.39, 0.29) is 24.9 Å². The minimum Gasteiger partial charge on any atom is -0.384 e. The van der Waals surface area contributed by atoms with Gasteiger partial charge in [-0.25, -0.2) is 0 Å². The van der Waals surface area contributed by atoms with Crippen LogP contribution in [-0.4, -0.2) is 40.5 Å². The zero-order valence-electron chi connectivity index (χ0n) is 20.1. The van der Waals surface area contributed by atoms with E-state index >= 15 is 0 Å². The molecule has 0 saturated heterocycles. The summed E-state index contributed by atoms with van der Waals surface area (Å²) in [6.07, 6.45) is 1.76. The molecule has 0 aliphatic carbocycles. The number of hydrogen-bond acceptors (Lipinski definition) is 5. The molecule has 182 valence electrons. The summed E-state index contributed by atoms with van der Waals surface area (Å²) in [5.41, 5.74) is 1.45. The van der Waals surface area contributed by atoms with Crippen LogP contribution in [-0.2, 0) is 27.4 Å². The Morgan fingerprint density at radius 1 is 1.20 bits per heavy atom. The second-order valence-electron chi connectivity index (χ2n) is 9.02. The van der Waals surface area contributed by atoms with Crippen LogP contribution in [0.25, 0.3) is 0 Å². The van der Waals surface area contributed by atoms with Crippen molar-refractivity contribution in [2.24, 2.45) is 0 Å². The second-order valence-corrected chi connectivity index (χ2v) is 9.45. The zero-order valence-corrected chi connectivity index (χ0v) is 20.9. The van der Waals surface area contributed by atoms with E-state index in [1.54, 1.807) is 55.5 Å². The molecule has 2 atom stereocenters. The van der Waals surface area contributed by atoms with Gasteiger partial charge in [-0.05, 0) is 49.2 Å². The Balaban J connectivity index is 1.85. The minimum atomic E-state index is -1.37. The lowest BCUT2D eigenvalue weighted by atomic mass is 9.88. The fourth-order valence-corrected chi connectivity index (χ4v) is 4.57. The minimum absolute atomic E-state index is 0.0128. The maximum Gasteiger partial charge on any atom is 0.257 e. The second kappa shape index (κ2) is 9.41. The van der Waals surface area contributed by atoms with Crippen LogP contribution in [0.4, 0.5) is 0 Å². The van der Waals surface area contributed by atoms with Gasteiger partial charge in [0.25, 0.3) is 5.91 Å². The Morgan fingerprint density at radius 2 is 1.91 bits per heavy atom. The molecule has 0 bridgehead atoms. The molecular weight excluding hydrogens is 466 g/mol. The van der Waals surface area contributed by atoms with Gasteiger partial charge in [-0.15, -0.1) is 0 Å². The largest absolute Gasteiger partial charge is 0.384 e. The van der Waals surface area contributed by atoms with Crippen molar-refractivity contribution in [1.29, 1.82) is 0 Å². The van der Waals surface area contributed by atoms with E-state index in [1.165, 1.54) is 6.92 Å². The third-order valence-electron chi connectivity index (χ3n) is 6.37. The van der Waals surface area contributed by atoms with Crippen LogP contribution in [0.5, 0.6) is 0 Å². The molecule has 2 aromatic carbocycles. The normalized spacial score (nSPS) is 18.8. The molecule has 0 radical (unpaired) electrons. The van der Waals surface area contributed by atoms with E-state index in [0.29, 0.717) is 27.4 Å². The van der Waals surface area contributed by atoms with Crippen molar-refractivity contribution in [3.8, 4) is 0 Å². The summed E-state index contributed by atoms with van der Waals surface area (Å²) in [5, 5.41) is 14.2. The van der Waals surface area contributed by atoms with E-state index in [0.717, 1.165) is 11.1 Å². The lowest BCUT2D eigenvalue weighted by Gasteiger charge is -2.38. The van der Waals surface area contributed by atoms with Crippen LogP contribution in [0, 0.1) is 6.92 Å². The van der Waals surface area contributed by atoms with Gasteiger partial charge in [-0.2, -0.15) is 0 Å². The van der Waals surface area contributed by atoms with Gasteiger partial charge in [-0.1, -0.05) is 41.9 Å². The van der Waals surface area contributed by atoms with Crippen molar-refractivity contribution in [3.63, 3.8) is 0 Å². The molecule has 1 aliphatic rings. The molecule has 35 heavy (non-hydrogen) atoms. The van der Waals surface area contributed by atoms with Crippen LogP contribution < -0.4 is 5.32 Å². The number of fused-ring (bicyclic) bond motifs is 1. The first-order valence-electron chi connectivity index (χ1n) is 11.2. The molecule has 3 aromatic rings. The fourth-order valence-electron chi connectivity index (χ4n) is 4.45. The first-order valence-corrected chi connectivity index (χ1v) is 11.6. The summed E-state index contributed by atoms with van der Waals surface area (Å²) in [4.78, 5) is 31.4. The molecule has 2 unspecified atom stereocenters. The molecule has 0 spiro atoms. The molecule has 1 aromatic heterocycles. The molecule has 0 saturated carbocycles. The van der Waals surface area contributed by atoms with Crippen LogP contribution in [0.3, 0.4) is 0 Å². The monoisotopic (exact) mass is 493 g/mol. The molecule has 2 heterocycles. The van der Waals surface area contributed by atoms with E-state index in [1.807, 2.05) is 31.2 Å². The highest BCUT2D eigenvalue weighted by Crippen LogP contribution is 2.46. The third kappa shape index (κ3) is 4.55. The van der Waals surface area contributed by atoms with Gasteiger partial charge in [-0.3, -0.25) is 19.5 Å². The quantitative estimate of drug-likeness (QED) is 0.521. The summed E-state index contributed by atoms with van der Waals surface area (Å²) in [6.45, 7) is 5.16. The Kier molecular flexibility index (Phi) is 6.68. The van der Waals surface area contributed by atoms with Crippen LogP contribution in [0.2, 0.25) is 5.02 Å². The molecule has 0 fully saturated rings. The van der Waals surface area contributed by atoms with E-state index in [9.17, 15) is 14.7 Å². The Labute approximate surface area is 209 Å². The van der Waals surface area contributed by atoms with E-state index in [4.69, 9.17) is 16.3 Å². The highest BCUT2D eigenvalue weighted by Gasteiger charge is 2.52. The first kappa shape index (κ1) is 24.9. The number of amides is 2. The summed E-state index contributed by atoms with van der Waals surface area (Å²) >= 11 is 6.15. The number of rotatable bonds is 7. The molecule has 8 heteroatoms. The van der Waals surface area contributed by atoms with Gasteiger partial charge in [0.2, 0.25) is 5.91 Å². The fraction of sp³-hybridized carbons (Fsp3) is 0.296. The van der Waals surface area contributed by atoms with E-state index in [2.05, 4.69) is 10.3 Å². The average molecular weight is 494 g/mol. The highest BCUT2D eigenvalue weighted by molar-refractivity contribution is 6.30. The smallest absolute Gasteiger partial charge is 0.257 e. The topological polar surface area (TPSA) is 91.8 Å². The SMILES string of the molecule is COC1(c2ccc(Cl)cc2)c2ccc(C(C)(O)CNC(C)=O)cc2C(=O)N1Cc1ccc(C)cn1. The predicted octanol–water partition coefficient (Wildman–Crippen LogP) is 3.89. The van der Waals surface area contributed by atoms with Crippen LogP contribution in [0.1, 0.15) is 52.2 Å². The number of ether oxygens (including phenoxy) is 1. The number of halogens is 1. The number of carbonyl (C=O) groups is 2. The average Bonchev–Trinajstić information content (AvgIpc) is 3.07. The lowest BCUT2D eigenvalue weighted by molar-refractivity contribution is -0.120. The Bertz CT molecular complexity index is 1260. The van der Waals surface area contributed by atoms with E-state index < -0.39 is 11.3 Å². The number of benzene rings is 2. The van der Waals surface area contributed by atoms with Gasteiger partial charge in [0.05, 0.1) is 18.8 Å². The molecule has 7 nitrogen and oxygen atoms in total. The van der Waals surface area contributed by atoms with Crippen molar-refractivity contribution in [1.82, 2.24) is 15.2 Å². The summed E-state index contributed by atoms with van der Waals surface area (Å²) in [6, 6.07) is 16.3. The van der Waals surface area contributed by atoms with Gasteiger partial charge in [0.15, 0.2) is 5.72 Å². The maximum atomic E-state index is 13.9. The van der Waals surface area contributed by atoms with Crippen molar-refractivity contribution < 1.29 is 19.4 Å². The molecular formula is C27H28ClN3O4. The number of methoxy groups -OCH3 is 1. The van der Waals surface area contributed by atoms with Crippen LogP contribution >= 0.6 is 11.6 Å². The predicted molar refractivity (Wildman–Crippen MR) is 133 cm³/mol. The molecule has 1 aliphatic heterocycles. The molecule has 4 rings (SSSR count). The molecule has 2 N–H and O–H groups in total. The van der Waals surface area contributed by atoms with Gasteiger partial charge in [0, 0.05) is 41.9 Å². The van der Waals surface area contributed by atoms with Crippen molar-refractivity contribution in [2.75, 3.05) is 13.7 Å². The van der Waals surface area contributed by atoms with Crippen molar-refractivity contribution in [2.45, 2.75) is 38.6 Å². The number of carbonyl (C=O) groups excluding carboxylic acids is 2. The number of hydrogen-bond donors (Lipinski definition) is 2. The van der Waals surface area contributed by atoms with Crippen LogP contribution in [0.15, 0.2) is 60.8 Å². The first-order chi connectivity index (χ1) is 16.6. The Hall–Kier alpha value is -3.26. The van der Waals surface area contributed by atoms with Crippen molar-refractivity contribution >= 4 is 23.4 Å². The number of pyridine rings is 1. The maximum absolute atomic E-state index is 13.9. The highest BCUT2D eigenvalue weighted by atomic mass is 35.5. The number of aryl methyl sites for hydroxylation is 1. The Morgan fingerprint density at radius 3 is 2.51 bits per heavy atom. The van der Waals surface area contributed by atoms with Gasteiger partial charge >= 0.3 is 0 Å². The standard InChI is InChI=1S/C27H28ClN3O4/c1-17-5-11-22(29-14-17)15-31-25(33)23-13-20(26(3,34)16-30-18(2)32)8-12-24(23)27(31,35-4)19-6-9-21(28)10-7-19/h5-14,34H,15-16H2,1-4H3,(H,30,32). The van der Waals surface area contributed by atoms with Crippen molar-refractivity contribution in [3.05, 3.63) is 99.3 Å².